The fourth-order valence-corrected chi connectivity index (χ4v) is 6.19. The van der Waals surface area contributed by atoms with E-state index in [1.54, 1.807) is 6.07 Å². The maximum absolute atomic E-state index is 13.5. The number of amides is 3. The summed E-state index contributed by atoms with van der Waals surface area (Å²) in [6.45, 7) is 4.69. The zero-order chi connectivity index (χ0) is 26.5. The SMILES string of the molecule is CC(C)C[C@H](NC(=O)[C@@H](Cc1ccccc1)CN1[C@@H]2CC[C@H]1CC(c1cccc(C(N)=O)c1)C2)C(N)=O. The third kappa shape index (κ3) is 6.77. The molecule has 2 heterocycles. The highest BCUT2D eigenvalue weighted by molar-refractivity contribution is 5.93. The van der Waals surface area contributed by atoms with Crippen molar-refractivity contribution < 1.29 is 14.4 Å². The van der Waals surface area contributed by atoms with E-state index < -0.39 is 17.9 Å². The minimum Gasteiger partial charge on any atom is -0.368 e. The van der Waals surface area contributed by atoms with Gasteiger partial charge in [0.25, 0.3) is 0 Å². The van der Waals surface area contributed by atoms with Crippen LogP contribution in [0.2, 0.25) is 0 Å². The van der Waals surface area contributed by atoms with Gasteiger partial charge in [0.15, 0.2) is 0 Å². The van der Waals surface area contributed by atoms with Gasteiger partial charge >= 0.3 is 0 Å². The van der Waals surface area contributed by atoms with Crippen molar-refractivity contribution in [2.24, 2.45) is 23.3 Å². The summed E-state index contributed by atoms with van der Waals surface area (Å²) >= 11 is 0. The number of carbonyl (C=O) groups excluding carboxylic acids is 3. The number of nitrogens with two attached hydrogens (primary N) is 2. The van der Waals surface area contributed by atoms with Crippen molar-refractivity contribution in [3.05, 3.63) is 71.3 Å². The molecule has 2 aliphatic rings. The van der Waals surface area contributed by atoms with Crippen LogP contribution < -0.4 is 16.8 Å². The first kappa shape index (κ1) is 26.9. The molecular weight excluding hydrogens is 464 g/mol. The molecule has 2 saturated heterocycles. The highest BCUT2D eigenvalue weighted by Crippen LogP contribution is 2.43. The molecule has 0 radical (unpaired) electrons. The third-order valence-corrected chi connectivity index (χ3v) is 8.02. The van der Waals surface area contributed by atoms with Gasteiger partial charge in [-0.05, 0) is 73.6 Å². The molecule has 2 aliphatic heterocycles. The number of primary amides is 2. The summed E-state index contributed by atoms with van der Waals surface area (Å²) in [5.41, 5.74) is 14.0. The number of hydrogen-bond acceptors (Lipinski definition) is 4. The first-order chi connectivity index (χ1) is 17.7. The number of rotatable bonds is 11. The van der Waals surface area contributed by atoms with Crippen LogP contribution in [0.4, 0.5) is 0 Å². The van der Waals surface area contributed by atoms with Crippen molar-refractivity contribution in [3.8, 4) is 0 Å². The summed E-state index contributed by atoms with van der Waals surface area (Å²) < 4.78 is 0. The average molecular weight is 505 g/mol. The van der Waals surface area contributed by atoms with Crippen molar-refractivity contribution in [2.45, 2.75) is 76.4 Å². The molecule has 2 fully saturated rings. The Morgan fingerprint density at radius 1 is 0.973 bits per heavy atom. The van der Waals surface area contributed by atoms with Gasteiger partial charge in [-0.3, -0.25) is 19.3 Å². The highest BCUT2D eigenvalue weighted by atomic mass is 16.2. The summed E-state index contributed by atoms with van der Waals surface area (Å²) in [6.07, 6.45) is 5.34. The monoisotopic (exact) mass is 504 g/mol. The Morgan fingerprint density at radius 2 is 1.65 bits per heavy atom. The lowest BCUT2D eigenvalue weighted by atomic mass is 9.83. The van der Waals surface area contributed by atoms with Crippen LogP contribution in [0.5, 0.6) is 0 Å². The second-order valence-electron chi connectivity index (χ2n) is 11.2. The van der Waals surface area contributed by atoms with Gasteiger partial charge in [-0.2, -0.15) is 0 Å². The van der Waals surface area contributed by atoms with Crippen LogP contribution >= 0.6 is 0 Å². The number of benzene rings is 2. The third-order valence-electron chi connectivity index (χ3n) is 8.02. The number of hydrogen-bond donors (Lipinski definition) is 3. The van der Waals surface area contributed by atoms with Crippen molar-refractivity contribution in [2.75, 3.05) is 6.54 Å². The van der Waals surface area contributed by atoms with Crippen molar-refractivity contribution in [1.29, 1.82) is 0 Å². The van der Waals surface area contributed by atoms with Gasteiger partial charge in [0.05, 0.1) is 5.92 Å². The van der Waals surface area contributed by atoms with Crippen LogP contribution in [-0.2, 0) is 16.0 Å². The maximum Gasteiger partial charge on any atom is 0.248 e. The molecule has 0 spiro atoms. The summed E-state index contributed by atoms with van der Waals surface area (Å²) in [5.74, 6) is -0.658. The minimum atomic E-state index is -0.661. The molecule has 3 amide bonds. The molecule has 198 valence electrons. The van der Waals surface area contributed by atoms with E-state index in [9.17, 15) is 14.4 Å². The standard InChI is InChI=1S/C30H40N4O3/c1-19(2)13-27(29(32)36)33-30(37)24(14-20-7-4-3-5-8-20)18-34-25-11-12-26(34)17-23(16-25)21-9-6-10-22(15-21)28(31)35/h3-10,15,19,23-27H,11-14,16-18H2,1-2H3,(H2,31,35)(H2,32,36)(H,33,37)/t23?,24-,25-,26+,27-/m0/s1. The topological polar surface area (TPSA) is 119 Å². The summed E-state index contributed by atoms with van der Waals surface area (Å²) in [6, 6.07) is 17.9. The van der Waals surface area contributed by atoms with Crippen LogP contribution in [0, 0.1) is 11.8 Å². The zero-order valence-electron chi connectivity index (χ0n) is 21.9. The number of fused-ring (bicyclic) bond motifs is 2. The largest absolute Gasteiger partial charge is 0.368 e. The van der Waals surface area contributed by atoms with E-state index in [1.807, 2.05) is 56.3 Å². The van der Waals surface area contributed by atoms with Crippen molar-refractivity contribution >= 4 is 17.7 Å². The lowest BCUT2D eigenvalue weighted by Crippen LogP contribution is -2.51. The second-order valence-corrected chi connectivity index (χ2v) is 11.2. The Bertz CT molecular complexity index is 1090. The Balaban J connectivity index is 1.49. The molecule has 0 aliphatic carbocycles. The van der Waals surface area contributed by atoms with Crippen LogP contribution in [0.1, 0.15) is 73.4 Å². The second kappa shape index (κ2) is 11.9. The smallest absolute Gasteiger partial charge is 0.248 e. The number of piperidine rings is 1. The van der Waals surface area contributed by atoms with Crippen molar-refractivity contribution in [3.63, 3.8) is 0 Å². The molecule has 1 unspecified atom stereocenters. The molecule has 4 rings (SSSR count). The van der Waals surface area contributed by atoms with E-state index in [0.29, 0.717) is 43.0 Å². The van der Waals surface area contributed by atoms with Gasteiger partial charge in [-0.15, -0.1) is 0 Å². The Labute approximate surface area is 220 Å². The molecule has 7 heteroatoms. The molecule has 2 bridgehead atoms. The fraction of sp³-hybridized carbons (Fsp3) is 0.500. The first-order valence-corrected chi connectivity index (χ1v) is 13.5. The van der Waals surface area contributed by atoms with Crippen LogP contribution in [-0.4, -0.2) is 47.3 Å². The Hall–Kier alpha value is -3.19. The molecule has 2 aromatic rings. The van der Waals surface area contributed by atoms with Gasteiger partial charge in [0.1, 0.15) is 6.04 Å². The fourth-order valence-electron chi connectivity index (χ4n) is 6.19. The quantitative estimate of drug-likeness (QED) is 0.435. The lowest BCUT2D eigenvalue weighted by molar-refractivity contribution is -0.131. The molecule has 0 saturated carbocycles. The highest BCUT2D eigenvalue weighted by Gasteiger charge is 2.42. The van der Waals surface area contributed by atoms with Gasteiger partial charge < -0.3 is 16.8 Å². The van der Waals surface area contributed by atoms with Gasteiger partial charge in [0, 0.05) is 24.2 Å². The van der Waals surface area contributed by atoms with Crippen molar-refractivity contribution in [1.82, 2.24) is 10.2 Å². The van der Waals surface area contributed by atoms with Gasteiger partial charge in [0.2, 0.25) is 17.7 Å². The molecule has 0 aromatic heterocycles. The first-order valence-electron chi connectivity index (χ1n) is 13.5. The van der Waals surface area contributed by atoms with Crippen LogP contribution in [0.15, 0.2) is 54.6 Å². The maximum atomic E-state index is 13.5. The van der Waals surface area contributed by atoms with E-state index >= 15 is 0 Å². The number of nitrogens with one attached hydrogen (secondary N) is 1. The number of nitrogens with zero attached hydrogens (tertiary/aromatic N) is 1. The molecular formula is C30H40N4O3. The average Bonchev–Trinajstić information content (AvgIpc) is 3.09. The van der Waals surface area contributed by atoms with Gasteiger partial charge in [-0.25, -0.2) is 0 Å². The van der Waals surface area contributed by atoms with E-state index in [2.05, 4.69) is 16.3 Å². The molecule has 37 heavy (non-hydrogen) atoms. The predicted octanol–water partition coefficient (Wildman–Crippen LogP) is 3.37. The summed E-state index contributed by atoms with van der Waals surface area (Å²) in [4.78, 5) is 39.8. The predicted molar refractivity (Wildman–Crippen MR) is 145 cm³/mol. The zero-order valence-corrected chi connectivity index (χ0v) is 21.9. The molecule has 5 atom stereocenters. The van der Waals surface area contributed by atoms with Crippen LogP contribution in [0.25, 0.3) is 0 Å². The van der Waals surface area contributed by atoms with Gasteiger partial charge in [-0.1, -0.05) is 56.3 Å². The van der Waals surface area contributed by atoms with Crippen LogP contribution in [0.3, 0.4) is 0 Å². The van der Waals surface area contributed by atoms with E-state index in [1.165, 1.54) is 5.56 Å². The van der Waals surface area contributed by atoms with E-state index in [-0.39, 0.29) is 17.7 Å². The lowest BCUT2D eigenvalue weighted by Gasteiger charge is -2.41. The molecule has 5 N–H and O–H groups in total. The summed E-state index contributed by atoms with van der Waals surface area (Å²) in [5, 5.41) is 2.98. The molecule has 2 aromatic carbocycles. The van der Waals surface area contributed by atoms with E-state index in [4.69, 9.17) is 11.5 Å². The Kier molecular flexibility index (Phi) is 8.64. The molecule has 7 nitrogen and oxygen atoms in total. The minimum absolute atomic E-state index is 0.107. The normalized spacial score (nSPS) is 22.9. The number of carbonyl (C=O) groups is 3. The Morgan fingerprint density at radius 3 is 2.24 bits per heavy atom. The van der Waals surface area contributed by atoms with E-state index in [0.717, 1.165) is 31.2 Å². The summed E-state index contributed by atoms with van der Waals surface area (Å²) in [7, 11) is 0.